The lowest BCUT2D eigenvalue weighted by molar-refractivity contribution is 0.600. The number of halogens is 1. The molecule has 0 nitrogen and oxygen atoms in total. The first-order valence-corrected chi connectivity index (χ1v) is 10.1. The Morgan fingerprint density at radius 1 is 1.24 bits per heavy atom. The lowest BCUT2D eigenvalue weighted by Crippen LogP contribution is -2.10. The summed E-state index contributed by atoms with van der Waals surface area (Å²) in [5, 5.41) is 0.508. The molecule has 0 spiro atoms. The van der Waals surface area contributed by atoms with E-state index < -0.39 is 0 Å². The molecule has 0 aliphatic carbocycles. The number of hydrogen-bond donors (Lipinski definition) is 0. The van der Waals surface area contributed by atoms with Crippen LogP contribution in [0.3, 0.4) is 0 Å². The zero-order chi connectivity index (χ0) is 12.7. The molecule has 0 amide bonds. The predicted molar refractivity (Wildman–Crippen MR) is 88.3 cm³/mol. The van der Waals surface area contributed by atoms with E-state index in [9.17, 15) is 0 Å². The minimum atomic E-state index is 0.508. The van der Waals surface area contributed by atoms with Crippen molar-refractivity contribution in [3.63, 3.8) is 0 Å². The van der Waals surface area contributed by atoms with Gasteiger partial charge in [0.2, 0.25) is 0 Å². The molecular weight excluding hydrogens is 338 g/mol. The Balaban J connectivity index is 2.44. The smallest absolute Gasteiger partial charge is 0.0245 e. The molecular formula is C15H20IP. The van der Waals surface area contributed by atoms with Crippen LogP contribution < -0.4 is 0 Å². The summed E-state index contributed by atoms with van der Waals surface area (Å²) in [6.45, 7) is 6.59. The van der Waals surface area contributed by atoms with E-state index >= 15 is 0 Å². The highest BCUT2D eigenvalue weighted by molar-refractivity contribution is 14.2. The maximum absolute atomic E-state index is 3.07. The van der Waals surface area contributed by atoms with Gasteiger partial charge in [0.05, 0.1) is 0 Å². The minimum Gasteiger partial charge on any atom is -0.101 e. The normalized spacial score (nSPS) is 11.5. The van der Waals surface area contributed by atoms with E-state index in [1.165, 1.54) is 24.8 Å². The number of aryl methyl sites for hydroxylation is 1. The molecule has 2 heteroatoms. The summed E-state index contributed by atoms with van der Waals surface area (Å²) in [6.07, 6.45) is 4.78. The Kier molecular flexibility index (Phi) is 6.52. The Morgan fingerprint density at radius 2 is 1.88 bits per heavy atom. The van der Waals surface area contributed by atoms with Gasteiger partial charge < -0.3 is 0 Å². The first kappa shape index (κ1) is 15.0. The molecule has 1 aromatic carbocycles. The lowest BCUT2D eigenvalue weighted by Gasteiger charge is -2.20. The van der Waals surface area contributed by atoms with Crippen LogP contribution in [0.1, 0.15) is 44.7 Å². The zero-order valence-corrected chi connectivity index (χ0v) is 14.0. The molecule has 0 N–H and O–H groups in total. The highest BCUT2D eigenvalue weighted by atomic mass is 127. The number of rotatable bonds is 5. The van der Waals surface area contributed by atoms with Crippen molar-refractivity contribution in [3.05, 3.63) is 35.4 Å². The van der Waals surface area contributed by atoms with E-state index in [1.54, 1.807) is 0 Å². The third-order valence-corrected chi connectivity index (χ3v) is 7.89. The Morgan fingerprint density at radius 3 is 2.41 bits per heavy atom. The summed E-state index contributed by atoms with van der Waals surface area (Å²) in [5.41, 5.74) is 2.55. The second-order valence-corrected chi connectivity index (χ2v) is 8.06. The van der Waals surface area contributed by atoms with Crippen molar-refractivity contribution in [1.29, 1.82) is 0 Å². The summed E-state index contributed by atoms with van der Waals surface area (Å²) in [5.74, 6) is 6.00. The van der Waals surface area contributed by atoms with Crippen LogP contribution in [0, 0.1) is 11.8 Å². The molecule has 0 radical (unpaired) electrons. The molecule has 0 aliphatic heterocycles. The molecule has 17 heavy (non-hydrogen) atoms. The summed E-state index contributed by atoms with van der Waals surface area (Å²) in [6, 6.07) is 8.66. The number of hydrogen-bond acceptors (Lipinski definition) is 0. The predicted octanol–water partition coefficient (Wildman–Crippen LogP) is 5.19. The van der Waals surface area contributed by atoms with Gasteiger partial charge in [0, 0.05) is 5.56 Å². The molecule has 0 saturated heterocycles. The molecule has 0 aromatic heterocycles. The van der Waals surface area contributed by atoms with Gasteiger partial charge >= 0.3 is 0 Å². The third kappa shape index (κ3) is 5.89. The largest absolute Gasteiger partial charge is 0.101 e. The summed E-state index contributed by atoms with van der Waals surface area (Å²) in [4.78, 5) is 0. The first-order chi connectivity index (χ1) is 8.07. The maximum atomic E-state index is 3.07. The SMILES string of the molecule is CC#Cc1ccc(CCCC(C)(C)PI)cc1. The van der Waals surface area contributed by atoms with Gasteiger partial charge in [-0.15, -0.1) is 5.92 Å². The highest BCUT2D eigenvalue weighted by Gasteiger charge is 2.14. The van der Waals surface area contributed by atoms with Crippen molar-refractivity contribution in [3.8, 4) is 11.8 Å². The van der Waals surface area contributed by atoms with Gasteiger partial charge in [-0.25, -0.2) is 0 Å². The molecule has 1 atom stereocenters. The molecule has 0 aliphatic rings. The molecule has 0 bridgehead atoms. The van der Waals surface area contributed by atoms with Crippen molar-refractivity contribution >= 4 is 28.3 Å². The van der Waals surface area contributed by atoms with Gasteiger partial charge in [0.1, 0.15) is 0 Å². The molecule has 0 saturated carbocycles. The standard InChI is InChI=1S/C15H20IP/c1-4-6-13-8-10-14(11-9-13)7-5-12-15(2,3)17-16/h8-11,17H,5,7,12H2,1-3H3. The van der Waals surface area contributed by atoms with Crippen molar-refractivity contribution in [1.82, 2.24) is 0 Å². The van der Waals surface area contributed by atoms with E-state index in [-0.39, 0.29) is 0 Å². The van der Waals surface area contributed by atoms with Crippen molar-refractivity contribution in [2.24, 2.45) is 0 Å². The van der Waals surface area contributed by atoms with Crippen LogP contribution in [0.4, 0.5) is 0 Å². The van der Waals surface area contributed by atoms with E-state index in [2.05, 4.69) is 72.0 Å². The Labute approximate surface area is 120 Å². The Bertz CT molecular complexity index is 395. The van der Waals surface area contributed by atoms with Crippen LogP contribution in [0.25, 0.3) is 0 Å². The third-order valence-electron chi connectivity index (χ3n) is 2.75. The van der Waals surface area contributed by atoms with Crippen LogP contribution >= 0.6 is 28.3 Å². The summed E-state index contributed by atoms with van der Waals surface area (Å²) >= 11 is 2.51. The topological polar surface area (TPSA) is 0 Å². The molecule has 1 rings (SSSR count). The van der Waals surface area contributed by atoms with Crippen LogP contribution in [-0.4, -0.2) is 5.16 Å². The van der Waals surface area contributed by atoms with Crippen molar-refractivity contribution in [2.75, 3.05) is 0 Å². The molecule has 1 aromatic rings. The fraction of sp³-hybridized carbons (Fsp3) is 0.467. The second kappa shape index (κ2) is 7.39. The van der Waals surface area contributed by atoms with Gasteiger partial charge in [-0.2, -0.15) is 0 Å². The second-order valence-electron chi connectivity index (χ2n) is 4.90. The molecule has 1 unspecified atom stereocenters. The van der Waals surface area contributed by atoms with Gasteiger partial charge in [-0.05, 0) is 55.3 Å². The van der Waals surface area contributed by atoms with Crippen LogP contribution in [0.15, 0.2) is 24.3 Å². The lowest BCUT2D eigenvalue weighted by atomic mass is 10.0. The van der Waals surface area contributed by atoms with Gasteiger partial charge in [0.25, 0.3) is 0 Å². The van der Waals surface area contributed by atoms with Crippen molar-refractivity contribution < 1.29 is 0 Å². The summed E-state index contributed by atoms with van der Waals surface area (Å²) < 4.78 is 0. The van der Waals surface area contributed by atoms with Crippen LogP contribution in [0.5, 0.6) is 0 Å². The number of benzene rings is 1. The van der Waals surface area contributed by atoms with E-state index in [0.29, 0.717) is 5.16 Å². The monoisotopic (exact) mass is 358 g/mol. The fourth-order valence-corrected chi connectivity index (χ4v) is 2.76. The quantitative estimate of drug-likeness (QED) is 0.386. The molecule has 92 valence electrons. The average molecular weight is 358 g/mol. The van der Waals surface area contributed by atoms with Crippen LogP contribution in [-0.2, 0) is 6.42 Å². The zero-order valence-electron chi connectivity index (χ0n) is 10.8. The minimum absolute atomic E-state index is 0.508. The molecule has 0 fully saturated rings. The highest BCUT2D eigenvalue weighted by Crippen LogP contribution is 2.41. The van der Waals surface area contributed by atoms with E-state index in [4.69, 9.17) is 0 Å². The molecule has 0 heterocycles. The Hall–Kier alpha value is -0.0600. The van der Waals surface area contributed by atoms with Gasteiger partial charge in [0.15, 0.2) is 0 Å². The van der Waals surface area contributed by atoms with Crippen LogP contribution in [0.2, 0.25) is 0 Å². The van der Waals surface area contributed by atoms with E-state index in [1.807, 2.05) is 6.92 Å². The maximum Gasteiger partial charge on any atom is 0.0245 e. The van der Waals surface area contributed by atoms with Crippen molar-refractivity contribution in [2.45, 2.75) is 45.2 Å². The van der Waals surface area contributed by atoms with Gasteiger partial charge in [-0.3, -0.25) is 0 Å². The van der Waals surface area contributed by atoms with Gasteiger partial charge in [-0.1, -0.05) is 53.9 Å². The van der Waals surface area contributed by atoms with E-state index in [0.717, 1.165) is 11.8 Å². The summed E-state index contributed by atoms with van der Waals surface area (Å²) in [7, 11) is 0. The first-order valence-electron chi connectivity index (χ1n) is 5.97. The average Bonchev–Trinajstić information content (AvgIpc) is 2.32. The fourth-order valence-electron chi connectivity index (χ4n) is 1.68.